The van der Waals surface area contributed by atoms with Gasteiger partial charge in [0.1, 0.15) is 6.10 Å². The first-order chi connectivity index (χ1) is 12.1. The summed E-state index contributed by atoms with van der Waals surface area (Å²) >= 11 is 1.57. The van der Waals surface area contributed by atoms with Crippen molar-refractivity contribution in [2.24, 2.45) is 0 Å². The summed E-state index contributed by atoms with van der Waals surface area (Å²) in [5, 5.41) is 22.3. The van der Waals surface area contributed by atoms with E-state index in [0.717, 1.165) is 30.1 Å². The lowest BCUT2D eigenvalue weighted by molar-refractivity contribution is 0.123. The minimum absolute atomic E-state index is 0.452. The van der Waals surface area contributed by atoms with Crippen LogP contribution >= 0.6 is 11.3 Å². The first kappa shape index (κ1) is 17.9. The molecule has 3 rings (SSSR count). The van der Waals surface area contributed by atoms with Gasteiger partial charge in [-0.15, -0.1) is 11.3 Å². The number of thiophene rings is 1. The smallest absolute Gasteiger partial charge is 0.404 e. The van der Waals surface area contributed by atoms with Gasteiger partial charge in [0.25, 0.3) is 0 Å². The Balaban J connectivity index is 1.69. The van der Waals surface area contributed by atoms with E-state index in [9.17, 15) is 9.90 Å². The van der Waals surface area contributed by atoms with E-state index in [1.54, 1.807) is 11.3 Å². The van der Waals surface area contributed by atoms with E-state index in [0.29, 0.717) is 6.42 Å². The normalized spacial score (nSPS) is 17.3. The van der Waals surface area contributed by atoms with Gasteiger partial charge < -0.3 is 15.5 Å². The molecule has 0 saturated carbocycles. The number of aliphatic hydroxyl groups is 1. The van der Waals surface area contributed by atoms with Crippen LogP contribution in [0.3, 0.4) is 0 Å². The maximum atomic E-state index is 11.1. The predicted octanol–water partition coefficient (Wildman–Crippen LogP) is 3.26. The van der Waals surface area contributed by atoms with Crippen molar-refractivity contribution >= 4 is 17.4 Å². The van der Waals surface area contributed by atoms with Gasteiger partial charge in [-0.2, -0.15) is 0 Å². The molecule has 0 aliphatic carbocycles. The van der Waals surface area contributed by atoms with Crippen LogP contribution in [0.25, 0.3) is 0 Å². The van der Waals surface area contributed by atoms with E-state index in [2.05, 4.69) is 10.2 Å². The van der Waals surface area contributed by atoms with E-state index in [4.69, 9.17) is 5.11 Å². The molecule has 6 heteroatoms. The molecule has 1 aromatic carbocycles. The van der Waals surface area contributed by atoms with Crippen LogP contribution in [0, 0.1) is 0 Å². The largest absolute Gasteiger partial charge is 0.465 e. The lowest BCUT2D eigenvalue weighted by Crippen LogP contribution is -2.39. The molecule has 0 spiro atoms. The summed E-state index contributed by atoms with van der Waals surface area (Å²) in [5.41, 5.74) is 0.995. The van der Waals surface area contributed by atoms with Crippen LogP contribution in [0.2, 0.25) is 0 Å². The van der Waals surface area contributed by atoms with Crippen LogP contribution < -0.4 is 5.32 Å². The Morgan fingerprint density at radius 3 is 2.56 bits per heavy atom. The molecule has 2 heterocycles. The Kier molecular flexibility index (Phi) is 6.07. The zero-order valence-electron chi connectivity index (χ0n) is 14.1. The summed E-state index contributed by atoms with van der Waals surface area (Å²) in [6.45, 7) is 3.17. The third-order valence-electron chi connectivity index (χ3n) is 4.54. The molecule has 0 radical (unpaired) electrons. The Labute approximate surface area is 151 Å². The number of likely N-dealkylation sites (tertiary alicyclic amines) is 1. The second-order valence-electron chi connectivity index (χ2n) is 6.48. The van der Waals surface area contributed by atoms with Crippen LogP contribution in [0.5, 0.6) is 0 Å². The molecule has 0 bridgehead atoms. The first-order valence-electron chi connectivity index (χ1n) is 8.64. The second-order valence-corrected chi connectivity index (χ2v) is 7.68. The van der Waals surface area contributed by atoms with Crippen molar-refractivity contribution < 1.29 is 15.0 Å². The SMILES string of the molecule is O=C(O)NC(Cc1ccccc1)C(O)c1ccc(CN2CCCC2)s1. The van der Waals surface area contributed by atoms with Crippen molar-refractivity contribution in [1.29, 1.82) is 0 Å². The van der Waals surface area contributed by atoms with Crippen molar-refractivity contribution in [1.82, 2.24) is 10.2 Å². The highest BCUT2D eigenvalue weighted by Gasteiger charge is 2.25. The van der Waals surface area contributed by atoms with Gasteiger partial charge in [-0.25, -0.2) is 4.79 Å². The molecule has 2 atom stereocenters. The number of rotatable bonds is 7. The Morgan fingerprint density at radius 2 is 1.88 bits per heavy atom. The number of benzene rings is 1. The monoisotopic (exact) mass is 360 g/mol. The minimum atomic E-state index is -1.12. The van der Waals surface area contributed by atoms with E-state index in [-0.39, 0.29) is 0 Å². The molecular formula is C19H24N2O3S. The molecule has 25 heavy (non-hydrogen) atoms. The third kappa shape index (κ3) is 5.04. The highest BCUT2D eigenvalue weighted by Crippen LogP contribution is 2.28. The quantitative estimate of drug-likeness (QED) is 0.709. The van der Waals surface area contributed by atoms with E-state index in [1.165, 1.54) is 17.7 Å². The fraction of sp³-hybridized carbons (Fsp3) is 0.421. The molecule has 1 amide bonds. The minimum Gasteiger partial charge on any atom is -0.465 e. The summed E-state index contributed by atoms with van der Waals surface area (Å²) < 4.78 is 0. The zero-order chi connectivity index (χ0) is 17.6. The van der Waals surface area contributed by atoms with Gasteiger partial charge >= 0.3 is 6.09 Å². The highest BCUT2D eigenvalue weighted by atomic mass is 32.1. The van der Waals surface area contributed by atoms with Crippen LogP contribution in [0.15, 0.2) is 42.5 Å². The van der Waals surface area contributed by atoms with Crippen molar-refractivity contribution in [3.8, 4) is 0 Å². The second kappa shape index (κ2) is 8.47. The topological polar surface area (TPSA) is 72.8 Å². The van der Waals surface area contributed by atoms with Crippen LogP contribution in [-0.4, -0.2) is 40.3 Å². The van der Waals surface area contributed by atoms with Crippen LogP contribution in [0.1, 0.15) is 34.3 Å². The molecule has 5 nitrogen and oxygen atoms in total. The molecule has 2 unspecified atom stereocenters. The molecule has 1 aromatic heterocycles. The highest BCUT2D eigenvalue weighted by molar-refractivity contribution is 7.12. The maximum Gasteiger partial charge on any atom is 0.404 e. The van der Waals surface area contributed by atoms with Crippen molar-refractivity contribution in [3.63, 3.8) is 0 Å². The summed E-state index contributed by atoms with van der Waals surface area (Å²) in [6.07, 6.45) is 0.987. The van der Waals surface area contributed by atoms with Crippen molar-refractivity contribution in [2.75, 3.05) is 13.1 Å². The van der Waals surface area contributed by atoms with Crippen molar-refractivity contribution in [2.45, 2.75) is 38.0 Å². The number of amides is 1. The molecule has 3 N–H and O–H groups in total. The Bertz CT molecular complexity index is 683. The maximum absolute atomic E-state index is 11.1. The lowest BCUT2D eigenvalue weighted by Gasteiger charge is -2.22. The molecular weight excluding hydrogens is 336 g/mol. The number of carbonyl (C=O) groups is 1. The zero-order valence-corrected chi connectivity index (χ0v) is 14.9. The van der Waals surface area contributed by atoms with Gasteiger partial charge in [-0.1, -0.05) is 30.3 Å². The van der Waals surface area contributed by atoms with Gasteiger partial charge in [0.2, 0.25) is 0 Å². The number of hydrogen-bond acceptors (Lipinski definition) is 4. The van der Waals surface area contributed by atoms with Gasteiger partial charge in [0.15, 0.2) is 0 Å². The molecule has 1 fully saturated rings. The molecule has 1 aliphatic rings. The number of hydrogen-bond donors (Lipinski definition) is 3. The third-order valence-corrected chi connectivity index (χ3v) is 5.68. The summed E-state index contributed by atoms with van der Waals surface area (Å²) in [5.74, 6) is 0. The molecule has 1 saturated heterocycles. The van der Waals surface area contributed by atoms with Gasteiger partial charge in [0, 0.05) is 16.3 Å². The molecule has 134 valence electrons. The standard InChI is InChI=1S/C19H24N2O3S/c22-18(16(20-19(23)24)12-14-6-2-1-3-7-14)17-9-8-15(25-17)13-21-10-4-5-11-21/h1-3,6-9,16,18,20,22H,4-5,10-13H2,(H,23,24). The molecule has 2 aromatic rings. The average molecular weight is 360 g/mol. The van der Waals surface area contributed by atoms with E-state index < -0.39 is 18.2 Å². The number of aliphatic hydroxyl groups excluding tert-OH is 1. The van der Waals surface area contributed by atoms with E-state index >= 15 is 0 Å². The summed E-state index contributed by atoms with van der Waals surface area (Å²) in [6, 6.07) is 13.0. The molecule has 1 aliphatic heterocycles. The van der Waals surface area contributed by atoms with Crippen LogP contribution in [0.4, 0.5) is 4.79 Å². The van der Waals surface area contributed by atoms with Gasteiger partial charge in [-0.3, -0.25) is 4.90 Å². The first-order valence-corrected chi connectivity index (χ1v) is 9.46. The summed E-state index contributed by atoms with van der Waals surface area (Å²) in [4.78, 5) is 15.6. The van der Waals surface area contributed by atoms with Gasteiger partial charge in [0.05, 0.1) is 6.04 Å². The predicted molar refractivity (Wildman–Crippen MR) is 98.9 cm³/mol. The number of nitrogens with zero attached hydrogens (tertiary/aromatic N) is 1. The van der Waals surface area contributed by atoms with Gasteiger partial charge in [-0.05, 0) is 50.0 Å². The van der Waals surface area contributed by atoms with Crippen LogP contribution in [-0.2, 0) is 13.0 Å². The Morgan fingerprint density at radius 1 is 1.16 bits per heavy atom. The van der Waals surface area contributed by atoms with E-state index in [1.807, 2.05) is 42.5 Å². The number of nitrogens with one attached hydrogen (secondary N) is 1. The lowest BCUT2D eigenvalue weighted by atomic mass is 10.0. The fourth-order valence-corrected chi connectivity index (χ4v) is 4.37. The fourth-order valence-electron chi connectivity index (χ4n) is 3.27. The summed E-state index contributed by atoms with van der Waals surface area (Å²) in [7, 11) is 0. The van der Waals surface area contributed by atoms with Crippen molar-refractivity contribution in [3.05, 3.63) is 57.8 Å². The number of carboxylic acid groups (broad SMARTS) is 1. The average Bonchev–Trinajstić information content (AvgIpc) is 3.26. The Hall–Kier alpha value is -1.89.